The summed E-state index contributed by atoms with van der Waals surface area (Å²) in [7, 11) is 1.62. The molecule has 25 heavy (non-hydrogen) atoms. The number of anilines is 1. The van der Waals surface area contributed by atoms with E-state index in [4.69, 9.17) is 4.74 Å². The van der Waals surface area contributed by atoms with Crippen LogP contribution in [-0.2, 0) is 4.79 Å². The number of carbonyl (C=O) groups excluding carboxylic acids is 2. The standard InChI is InChI=1S/C20H23NO3S/c1-20(2,3)19(23)21-15-11-9-14(10-12-15)16(22)13-25-18-8-6-5-7-17(18)24-4/h5-12H,13H2,1-4H3,(H,21,23). The molecule has 2 aromatic carbocycles. The summed E-state index contributed by atoms with van der Waals surface area (Å²) in [4.78, 5) is 25.3. The van der Waals surface area contributed by atoms with E-state index in [1.54, 1.807) is 31.4 Å². The second-order valence-corrected chi connectivity index (χ2v) is 7.66. The van der Waals surface area contributed by atoms with Crippen LogP contribution in [0.2, 0.25) is 0 Å². The van der Waals surface area contributed by atoms with Crippen LogP contribution < -0.4 is 10.1 Å². The minimum absolute atomic E-state index is 0.0320. The van der Waals surface area contributed by atoms with Crippen molar-refractivity contribution in [1.29, 1.82) is 0 Å². The van der Waals surface area contributed by atoms with Gasteiger partial charge in [0.05, 0.1) is 12.9 Å². The number of hydrogen-bond donors (Lipinski definition) is 1. The first kappa shape index (κ1) is 19.1. The molecule has 0 saturated heterocycles. The minimum atomic E-state index is -0.458. The number of nitrogens with one attached hydrogen (secondary N) is 1. The van der Waals surface area contributed by atoms with Crippen molar-refractivity contribution in [3.05, 3.63) is 54.1 Å². The predicted molar refractivity (Wildman–Crippen MR) is 103 cm³/mol. The molecule has 0 saturated carbocycles. The third-order valence-corrected chi connectivity index (χ3v) is 4.63. The Bertz CT molecular complexity index is 748. The number of Topliss-reactive ketones (excluding diaryl/α,β-unsaturated/α-hetero) is 1. The maximum Gasteiger partial charge on any atom is 0.229 e. The average Bonchev–Trinajstić information content (AvgIpc) is 2.59. The monoisotopic (exact) mass is 357 g/mol. The lowest BCUT2D eigenvalue weighted by Gasteiger charge is -2.17. The van der Waals surface area contributed by atoms with E-state index in [1.165, 1.54) is 11.8 Å². The molecular formula is C20H23NO3S. The van der Waals surface area contributed by atoms with Gasteiger partial charge in [0.25, 0.3) is 0 Å². The van der Waals surface area contributed by atoms with Crippen LogP contribution in [0.4, 0.5) is 5.69 Å². The number of methoxy groups -OCH3 is 1. The SMILES string of the molecule is COc1ccccc1SCC(=O)c1ccc(NC(=O)C(C)(C)C)cc1. The highest BCUT2D eigenvalue weighted by Gasteiger charge is 2.21. The molecule has 0 bridgehead atoms. The zero-order valence-electron chi connectivity index (χ0n) is 15.0. The summed E-state index contributed by atoms with van der Waals surface area (Å²) in [5.41, 5.74) is 0.852. The number of para-hydroxylation sites is 1. The van der Waals surface area contributed by atoms with Crippen LogP contribution in [0.1, 0.15) is 31.1 Å². The molecule has 0 heterocycles. The van der Waals surface area contributed by atoms with Crippen LogP contribution in [0.5, 0.6) is 5.75 Å². The first-order chi connectivity index (χ1) is 11.8. The summed E-state index contributed by atoms with van der Waals surface area (Å²) < 4.78 is 5.29. The summed E-state index contributed by atoms with van der Waals surface area (Å²) in [6.45, 7) is 5.57. The molecule has 2 rings (SSSR count). The second-order valence-electron chi connectivity index (χ2n) is 6.64. The fraction of sp³-hybridized carbons (Fsp3) is 0.300. The Morgan fingerprint density at radius 1 is 1.04 bits per heavy atom. The van der Waals surface area contributed by atoms with E-state index < -0.39 is 5.41 Å². The fourth-order valence-corrected chi connectivity index (χ4v) is 2.94. The largest absolute Gasteiger partial charge is 0.496 e. The highest BCUT2D eigenvalue weighted by molar-refractivity contribution is 8.00. The van der Waals surface area contributed by atoms with Gasteiger partial charge in [-0.15, -0.1) is 11.8 Å². The van der Waals surface area contributed by atoms with Crippen LogP contribution in [0, 0.1) is 5.41 Å². The van der Waals surface area contributed by atoms with Crippen LogP contribution in [0.15, 0.2) is 53.4 Å². The average molecular weight is 357 g/mol. The van der Waals surface area contributed by atoms with E-state index in [-0.39, 0.29) is 11.7 Å². The van der Waals surface area contributed by atoms with Crippen LogP contribution in [-0.4, -0.2) is 24.6 Å². The lowest BCUT2D eigenvalue weighted by Crippen LogP contribution is -2.27. The molecule has 2 aromatic rings. The Hall–Kier alpha value is -2.27. The van der Waals surface area contributed by atoms with E-state index in [0.717, 1.165) is 10.6 Å². The molecule has 0 aliphatic carbocycles. The number of amides is 1. The quantitative estimate of drug-likeness (QED) is 0.604. The molecule has 5 heteroatoms. The van der Waals surface area contributed by atoms with Gasteiger partial charge in [-0.2, -0.15) is 0 Å². The Morgan fingerprint density at radius 2 is 1.68 bits per heavy atom. The third kappa shape index (κ3) is 5.36. The van der Waals surface area contributed by atoms with Crippen molar-refractivity contribution in [3.63, 3.8) is 0 Å². The van der Waals surface area contributed by atoms with Gasteiger partial charge in [-0.05, 0) is 36.4 Å². The summed E-state index contributed by atoms with van der Waals surface area (Å²) in [6.07, 6.45) is 0. The van der Waals surface area contributed by atoms with Crippen molar-refractivity contribution in [3.8, 4) is 5.75 Å². The molecule has 0 radical (unpaired) electrons. The molecule has 0 aliphatic heterocycles. The van der Waals surface area contributed by atoms with Gasteiger partial charge in [0, 0.05) is 21.6 Å². The van der Waals surface area contributed by atoms with Gasteiger partial charge >= 0.3 is 0 Å². The van der Waals surface area contributed by atoms with E-state index in [1.807, 2.05) is 45.0 Å². The van der Waals surface area contributed by atoms with Gasteiger partial charge < -0.3 is 10.1 Å². The van der Waals surface area contributed by atoms with Gasteiger partial charge in [0.2, 0.25) is 5.91 Å². The highest BCUT2D eigenvalue weighted by atomic mass is 32.2. The van der Waals surface area contributed by atoms with Crippen molar-refractivity contribution < 1.29 is 14.3 Å². The van der Waals surface area contributed by atoms with E-state index in [2.05, 4.69) is 5.32 Å². The fourth-order valence-electron chi connectivity index (χ4n) is 2.02. The molecule has 0 atom stereocenters. The number of carbonyl (C=O) groups is 2. The Kier molecular flexibility index (Phi) is 6.26. The summed E-state index contributed by atoms with van der Waals surface area (Å²) >= 11 is 1.45. The van der Waals surface area contributed by atoms with E-state index in [9.17, 15) is 9.59 Å². The van der Waals surface area contributed by atoms with Crippen LogP contribution >= 0.6 is 11.8 Å². The highest BCUT2D eigenvalue weighted by Crippen LogP contribution is 2.29. The number of ketones is 1. The van der Waals surface area contributed by atoms with Crippen LogP contribution in [0.3, 0.4) is 0 Å². The van der Waals surface area contributed by atoms with Gasteiger partial charge in [-0.25, -0.2) is 0 Å². The van der Waals surface area contributed by atoms with Gasteiger partial charge in [-0.3, -0.25) is 9.59 Å². The number of rotatable bonds is 6. The predicted octanol–water partition coefficient (Wildman–Crippen LogP) is 4.65. The molecule has 1 N–H and O–H groups in total. The van der Waals surface area contributed by atoms with E-state index in [0.29, 0.717) is 17.0 Å². The normalized spacial score (nSPS) is 11.0. The van der Waals surface area contributed by atoms with E-state index >= 15 is 0 Å². The summed E-state index contributed by atoms with van der Waals surface area (Å²) in [5.74, 6) is 1.07. The minimum Gasteiger partial charge on any atom is -0.496 e. The first-order valence-corrected chi connectivity index (χ1v) is 9.00. The van der Waals surface area contributed by atoms with Crippen molar-refractivity contribution in [2.45, 2.75) is 25.7 Å². The molecule has 0 fully saturated rings. The van der Waals surface area contributed by atoms with Crippen molar-refractivity contribution in [1.82, 2.24) is 0 Å². The third-order valence-electron chi connectivity index (χ3n) is 3.57. The number of thioether (sulfide) groups is 1. The van der Waals surface area contributed by atoms with Gasteiger partial charge in [0.1, 0.15) is 5.75 Å². The van der Waals surface area contributed by atoms with Gasteiger partial charge in [0.15, 0.2) is 5.78 Å². The molecular weight excluding hydrogens is 334 g/mol. The number of benzene rings is 2. The molecule has 0 aromatic heterocycles. The zero-order valence-corrected chi connectivity index (χ0v) is 15.8. The zero-order chi connectivity index (χ0) is 18.4. The maximum absolute atomic E-state index is 12.4. The topological polar surface area (TPSA) is 55.4 Å². The smallest absolute Gasteiger partial charge is 0.229 e. The van der Waals surface area contributed by atoms with Crippen LogP contribution in [0.25, 0.3) is 0 Å². The number of hydrogen-bond acceptors (Lipinski definition) is 4. The first-order valence-electron chi connectivity index (χ1n) is 8.02. The molecule has 1 amide bonds. The Balaban J connectivity index is 1.97. The molecule has 132 valence electrons. The molecule has 0 aliphatic rings. The second kappa shape index (κ2) is 8.21. The Morgan fingerprint density at radius 3 is 2.28 bits per heavy atom. The van der Waals surface area contributed by atoms with Gasteiger partial charge in [-0.1, -0.05) is 32.9 Å². The maximum atomic E-state index is 12.4. The molecule has 4 nitrogen and oxygen atoms in total. The van der Waals surface area contributed by atoms with Crippen molar-refractivity contribution >= 4 is 29.1 Å². The lowest BCUT2D eigenvalue weighted by molar-refractivity contribution is -0.123. The lowest BCUT2D eigenvalue weighted by atomic mass is 9.95. The molecule has 0 spiro atoms. The number of ether oxygens (including phenoxy) is 1. The molecule has 0 unspecified atom stereocenters. The Labute approximate surface area is 153 Å². The van der Waals surface area contributed by atoms with Crippen molar-refractivity contribution in [2.24, 2.45) is 5.41 Å². The summed E-state index contributed by atoms with van der Waals surface area (Å²) in [5, 5.41) is 2.85. The summed E-state index contributed by atoms with van der Waals surface area (Å²) in [6, 6.07) is 14.6. The van der Waals surface area contributed by atoms with Crippen molar-refractivity contribution in [2.75, 3.05) is 18.2 Å².